The van der Waals surface area contributed by atoms with Gasteiger partial charge in [0.15, 0.2) is 6.61 Å². The number of carbonyl (C=O) groups is 2. The maximum Gasteiger partial charge on any atom is 0.312 e. The van der Waals surface area contributed by atoms with Crippen LogP contribution >= 0.6 is 11.3 Å². The molecule has 1 amide bonds. The molecule has 0 radical (unpaired) electrons. The third-order valence-electron chi connectivity index (χ3n) is 3.04. The Labute approximate surface area is 133 Å². The number of rotatable bonds is 6. The van der Waals surface area contributed by atoms with E-state index in [2.05, 4.69) is 4.98 Å². The molecule has 5 nitrogen and oxygen atoms in total. The summed E-state index contributed by atoms with van der Waals surface area (Å²) in [6.07, 6.45) is 0.0972. The van der Waals surface area contributed by atoms with Crippen LogP contribution in [0.4, 0.5) is 0 Å². The van der Waals surface area contributed by atoms with Crippen LogP contribution in [0.1, 0.15) is 16.3 Å². The summed E-state index contributed by atoms with van der Waals surface area (Å²) in [5, 5.41) is 2.72. The smallest absolute Gasteiger partial charge is 0.312 e. The molecule has 0 unspecified atom stereocenters. The predicted octanol–water partition coefficient (Wildman–Crippen LogP) is 2.20. The average molecular weight is 318 g/mol. The van der Waals surface area contributed by atoms with Crippen LogP contribution in [0.15, 0.2) is 35.7 Å². The fraction of sp³-hybridized carbons (Fsp3) is 0.312. The van der Waals surface area contributed by atoms with E-state index in [4.69, 9.17) is 4.74 Å². The van der Waals surface area contributed by atoms with E-state index in [-0.39, 0.29) is 18.9 Å². The molecule has 0 bridgehead atoms. The van der Waals surface area contributed by atoms with Gasteiger partial charge < -0.3 is 9.64 Å². The van der Waals surface area contributed by atoms with Crippen molar-refractivity contribution in [3.63, 3.8) is 0 Å². The number of carbonyl (C=O) groups excluding carboxylic acids is 2. The number of esters is 1. The molecular weight excluding hydrogens is 300 g/mol. The molecule has 2 rings (SSSR count). The lowest BCUT2D eigenvalue weighted by molar-refractivity contribution is -0.151. The van der Waals surface area contributed by atoms with E-state index >= 15 is 0 Å². The predicted molar refractivity (Wildman–Crippen MR) is 84.4 cm³/mol. The quantitative estimate of drug-likeness (QED) is 0.766. The molecular formula is C16H18N2O3S. The minimum absolute atomic E-state index is 0.0972. The summed E-state index contributed by atoms with van der Waals surface area (Å²) in [4.78, 5) is 29.4. The minimum Gasteiger partial charge on any atom is -0.455 e. The fourth-order valence-electron chi connectivity index (χ4n) is 1.89. The highest BCUT2D eigenvalue weighted by atomic mass is 32.1. The number of nitrogens with zero attached hydrogens (tertiary/aromatic N) is 2. The molecule has 116 valence electrons. The van der Waals surface area contributed by atoms with Crippen LogP contribution in [-0.2, 0) is 27.3 Å². The van der Waals surface area contributed by atoms with Crippen LogP contribution in [0.25, 0.3) is 0 Å². The summed E-state index contributed by atoms with van der Waals surface area (Å²) in [5.41, 5.74) is 1.71. The summed E-state index contributed by atoms with van der Waals surface area (Å²) < 4.78 is 5.01. The van der Waals surface area contributed by atoms with Crippen LogP contribution < -0.4 is 0 Å². The molecule has 0 aliphatic rings. The van der Waals surface area contributed by atoms with Crippen molar-refractivity contribution in [2.24, 2.45) is 0 Å². The van der Waals surface area contributed by atoms with Gasteiger partial charge in [-0.25, -0.2) is 4.98 Å². The molecule has 6 heteroatoms. The van der Waals surface area contributed by atoms with Gasteiger partial charge in [-0.3, -0.25) is 9.59 Å². The first-order chi connectivity index (χ1) is 10.5. The SMILES string of the molecule is Cc1nc(CC(=O)OCC(=O)N(C)Cc2ccccc2)cs1. The third-order valence-corrected chi connectivity index (χ3v) is 3.86. The number of aryl methyl sites for hydroxylation is 1. The van der Waals surface area contributed by atoms with Gasteiger partial charge >= 0.3 is 5.97 Å². The highest BCUT2D eigenvalue weighted by Crippen LogP contribution is 2.09. The number of likely N-dealkylation sites (N-methyl/N-ethyl adjacent to an activating group) is 1. The number of ether oxygens (including phenoxy) is 1. The Morgan fingerprint density at radius 1 is 1.27 bits per heavy atom. The molecule has 0 aliphatic carbocycles. The molecule has 0 fully saturated rings. The normalized spacial score (nSPS) is 10.3. The number of amides is 1. The van der Waals surface area contributed by atoms with Gasteiger partial charge in [0.25, 0.3) is 5.91 Å². The van der Waals surface area contributed by atoms with Crippen LogP contribution in [-0.4, -0.2) is 35.4 Å². The van der Waals surface area contributed by atoms with Crippen LogP contribution in [0.2, 0.25) is 0 Å². The summed E-state index contributed by atoms with van der Waals surface area (Å²) in [7, 11) is 1.69. The number of aromatic nitrogens is 1. The lowest BCUT2D eigenvalue weighted by Gasteiger charge is -2.17. The Balaban J connectivity index is 1.75. The van der Waals surface area contributed by atoms with Crippen molar-refractivity contribution < 1.29 is 14.3 Å². The number of hydrogen-bond acceptors (Lipinski definition) is 5. The molecule has 0 aliphatic heterocycles. The minimum atomic E-state index is -0.438. The topological polar surface area (TPSA) is 59.5 Å². The van der Waals surface area contributed by atoms with Crippen molar-refractivity contribution in [2.75, 3.05) is 13.7 Å². The van der Waals surface area contributed by atoms with Crippen molar-refractivity contribution in [1.82, 2.24) is 9.88 Å². The zero-order valence-corrected chi connectivity index (χ0v) is 13.4. The van der Waals surface area contributed by atoms with Crippen molar-refractivity contribution >= 4 is 23.2 Å². The number of thiazole rings is 1. The summed E-state index contributed by atoms with van der Waals surface area (Å²) in [6.45, 7) is 2.12. The van der Waals surface area contributed by atoms with Crippen LogP contribution in [0, 0.1) is 6.92 Å². The van der Waals surface area contributed by atoms with Crippen LogP contribution in [0.5, 0.6) is 0 Å². The van der Waals surface area contributed by atoms with Gasteiger partial charge in [-0.1, -0.05) is 30.3 Å². The van der Waals surface area contributed by atoms with Gasteiger partial charge in [-0.2, -0.15) is 0 Å². The standard InChI is InChI=1S/C16H18N2O3S/c1-12-17-14(11-22-12)8-16(20)21-10-15(19)18(2)9-13-6-4-3-5-7-13/h3-7,11H,8-10H2,1-2H3. The zero-order chi connectivity index (χ0) is 15.9. The van der Waals surface area contributed by atoms with Gasteiger partial charge in [0.2, 0.25) is 0 Å². The average Bonchev–Trinajstić information content (AvgIpc) is 2.90. The van der Waals surface area contributed by atoms with Gasteiger partial charge in [0, 0.05) is 19.0 Å². The molecule has 22 heavy (non-hydrogen) atoms. The van der Waals surface area contributed by atoms with Crippen LogP contribution in [0.3, 0.4) is 0 Å². The molecule has 0 atom stereocenters. The number of hydrogen-bond donors (Lipinski definition) is 0. The second-order valence-corrected chi connectivity index (χ2v) is 5.99. The Hall–Kier alpha value is -2.21. The van der Waals surface area contributed by atoms with Gasteiger partial charge in [-0.05, 0) is 12.5 Å². The monoisotopic (exact) mass is 318 g/mol. The first-order valence-electron chi connectivity index (χ1n) is 6.89. The molecule has 1 heterocycles. The summed E-state index contributed by atoms with van der Waals surface area (Å²) in [6, 6.07) is 9.65. The largest absolute Gasteiger partial charge is 0.455 e. The molecule has 2 aromatic rings. The lowest BCUT2D eigenvalue weighted by atomic mass is 10.2. The Morgan fingerprint density at radius 3 is 2.64 bits per heavy atom. The van der Waals surface area contributed by atoms with Gasteiger partial charge in [-0.15, -0.1) is 11.3 Å². The first kappa shape index (κ1) is 16.2. The maximum atomic E-state index is 11.9. The van der Waals surface area contributed by atoms with E-state index in [0.717, 1.165) is 10.6 Å². The molecule has 0 saturated carbocycles. The molecule has 1 aromatic heterocycles. The maximum absolute atomic E-state index is 11.9. The Bertz CT molecular complexity index is 640. The summed E-state index contributed by atoms with van der Waals surface area (Å²) in [5.74, 6) is -0.668. The van der Waals surface area contributed by atoms with E-state index in [1.807, 2.05) is 42.6 Å². The van der Waals surface area contributed by atoms with E-state index in [1.165, 1.54) is 16.2 Å². The van der Waals surface area contributed by atoms with Gasteiger partial charge in [0.1, 0.15) is 0 Å². The highest BCUT2D eigenvalue weighted by molar-refractivity contribution is 7.09. The molecule has 0 N–H and O–H groups in total. The second-order valence-electron chi connectivity index (χ2n) is 4.93. The van der Waals surface area contributed by atoms with E-state index in [1.54, 1.807) is 7.05 Å². The van der Waals surface area contributed by atoms with Gasteiger partial charge in [0.05, 0.1) is 17.1 Å². The third kappa shape index (κ3) is 4.96. The molecule has 0 spiro atoms. The summed E-state index contributed by atoms with van der Waals surface area (Å²) >= 11 is 1.48. The van der Waals surface area contributed by atoms with E-state index in [0.29, 0.717) is 12.2 Å². The first-order valence-corrected chi connectivity index (χ1v) is 7.77. The molecule has 1 aromatic carbocycles. The van der Waals surface area contributed by atoms with E-state index < -0.39 is 5.97 Å². The number of benzene rings is 1. The lowest BCUT2D eigenvalue weighted by Crippen LogP contribution is -2.31. The Morgan fingerprint density at radius 2 is 2.00 bits per heavy atom. The fourth-order valence-corrected chi connectivity index (χ4v) is 2.50. The van der Waals surface area contributed by atoms with Crippen molar-refractivity contribution in [1.29, 1.82) is 0 Å². The van der Waals surface area contributed by atoms with Crippen molar-refractivity contribution in [3.8, 4) is 0 Å². The van der Waals surface area contributed by atoms with E-state index in [9.17, 15) is 9.59 Å². The highest BCUT2D eigenvalue weighted by Gasteiger charge is 2.13. The molecule has 0 saturated heterocycles. The van der Waals surface area contributed by atoms with Crippen molar-refractivity contribution in [3.05, 3.63) is 52.0 Å². The van der Waals surface area contributed by atoms with Crippen molar-refractivity contribution in [2.45, 2.75) is 19.9 Å². The Kier molecular flexibility index (Phi) is 5.66. The zero-order valence-electron chi connectivity index (χ0n) is 12.6. The second kappa shape index (κ2) is 7.70.